The summed E-state index contributed by atoms with van der Waals surface area (Å²) in [5.74, 6) is 0. The van der Waals surface area contributed by atoms with Gasteiger partial charge in [0, 0.05) is 19.6 Å². The molecule has 2 N–H and O–H groups in total. The molecule has 5 nitrogen and oxygen atoms in total. The Labute approximate surface area is 120 Å². The zero-order chi connectivity index (χ0) is 15.5. The van der Waals surface area contributed by atoms with Gasteiger partial charge in [-0.2, -0.15) is 13.2 Å². The van der Waals surface area contributed by atoms with Crippen LogP contribution in [0.5, 0.6) is 0 Å². The lowest BCUT2D eigenvalue weighted by atomic mass is 10.2. The summed E-state index contributed by atoms with van der Waals surface area (Å²) >= 11 is 0. The molecular weight excluding hydrogens is 309 g/mol. The third-order valence-electron chi connectivity index (χ3n) is 3.01. The maximum absolute atomic E-state index is 12.6. The van der Waals surface area contributed by atoms with Gasteiger partial charge in [-0.25, -0.2) is 8.42 Å². The summed E-state index contributed by atoms with van der Waals surface area (Å²) in [5, 5.41) is 5.79. The smallest absolute Gasteiger partial charge is 0.381 e. The summed E-state index contributed by atoms with van der Waals surface area (Å²) < 4.78 is 66.4. The lowest BCUT2D eigenvalue weighted by molar-refractivity contribution is -0.0435. The number of sulfone groups is 1. The Morgan fingerprint density at radius 2 is 2.05 bits per heavy atom. The molecule has 9 heteroatoms. The van der Waals surface area contributed by atoms with Crippen molar-refractivity contribution in [3.8, 4) is 0 Å². The Bertz CT molecular complexity index is 584. The van der Waals surface area contributed by atoms with Crippen molar-refractivity contribution in [3.05, 3.63) is 24.3 Å². The average Bonchev–Trinajstić information content (AvgIpc) is 2.45. The van der Waals surface area contributed by atoms with Gasteiger partial charge in [-0.15, -0.1) is 0 Å². The Kier molecular flexibility index (Phi) is 4.74. The molecule has 21 heavy (non-hydrogen) atoms. The van der Waals surface area contributed by atoms with Crippen molar-refractivity contribution >= 4 is 15.5 Å². The molecule has 1 aliphatic rings. The summed E-state index contributed by atoms with van der Waals surface area (Å²) in [6.07, 6.45) is -0.222. The fourth-order valence-corrected chi connectivity index (χ4v) is 2.88. The predicted molar refractivity (Wildman–Crippen MR) is 70.8 cm³/mol. The van der Waals surface area contributed by atoms with Crippen molar-refractivity contribution in [2.24, 2.45) is 0 Å². The van der Waals surface area contributed by atoms with Crippen LogP contribution in [0, 0.1) is 0 Å². The first-order chi connectivity index (χ1) is 9.82. The third-order valence-corrected chi connectivity index (χ3v) is 4.55. The zero-order valence-corrected chi connectivity index (χ0v) is 11.8. The third kappa shape index (κ3) is 3.66. The van der Waals surface area contributed by atoms with E-state index in [1.54, 1.807) is 0 Å². The van der Waals surface area contributed by atoms with E-state index in [-0.39, 0.29) is 18.3 Å². The van der Waals surface area contributed by atoms with Crippen LogP contribution in [-0.2, 0) is 14.6 Å². The number of anilines is 1. The monoisotopic (exact) mass is 324 g/mol. The topological polar surface area (TPSA) is 67.4 Å². The number of halogens is 3. The summed E-state index contributed by atoms with van der Waals surface area (Å²) in [7, 11) is -5.38. The second-order valence-corrected chi connectivity index (χ2v) is 6.43. The minimum atomic E-state index is -5.38. The van der Waals surface area contributed by atoms with Crippen molar-refractivity contribution in [1.82, 2.24) is 5.32 Å². The molecule has 1 aromatic carbocycles. The summed E-state index contributed by atoms with van der Waals surface area (Å²) in [6.45, 7) is 2.00. The van der Waals surface area contributed by atoms with Crippen LogP contribution < -0.4 is 10.6 Å². The predicted octanol–water partition coefficient (Wildman–Crippen LogP) is 1.38. The van der Waals surface area contributed by atoms with Crippen molar-refractivity contribution in [3.63, 3.8) is 0 Å². The highest BCUT2D eigenvalue weighted by Gasteiger charge is 2.47. The van der Waals surface area contributed by atoms with E-state index in [9.17, 15) is 21.6 Å². The van der Waals surface area contributed by atoms with Gasteiger partial charge in [0.1, 0.15) is 0 Å². The van der Waals surface area contributed by atoms with Crippen LogP contribution in [0.1, 0.15) is 0 Å². The highest BCUT2D eigenvalue weighted by atomic mass is 32.2. The van der Waals surface area contributed by atoms with E-state index in [0.717, 1.165) is 12.6 Å². The van der Waals surface area contributed by atoms with Gasteiger partial charge in [0.05, 0.1) is 23.3 Å². The Hall–Kier alpha value is -1.32. The van der Waals surface area contributed by atoms with Crippen LogP contribution in [0.4, 0.5) is 18.9 Å². The van der Waals surface area contributed by atoms with Crippen molar-refractivity contribution in [1.29, 1.82) is 0 Å². The van der Waals surface area contributed by atoms with Crippen molar-refractivity contribution in [2.75, 3.05) is 31.6 Å². The lowest BCUT2D eigenvalue weighted by Gasteiger charge is -2.24. The quantitative estimate of drug-likeness (QED) is 0.876. The zero-order valence-electron chi connectivity index (χ0n) is 11.0. The van der Waals surface area contributed by atoms with Crippen LogP contribution in [0.15, 0.2) is 29.2 Å². The molecule has 0 bridgehead atoms. The summed E-state index contributed by atoms with van der Waals surface area (Å²) in [5.41, 5.74) is -5.41. The molecule has 1 aromatic rings. The molecule has 1 atom stereocenters. The van der Waals surface area contributed by atoms with E-state index in [4.69, 9.17) is 4.74 Å². The van der Waals surface area contributed by atoms with Crippen molar-refractivity contribution < 1.29 is 26.3 Å². The van der Waals surface area contributed by atoms with Crippen LogP contribution in [0.25, 0.3) is 0 Å². The van der Waals surface area contributed by atoms with E-state index >= 15 is 0 Å². The summed E-state index contributed by atoms with van der Waals surface area (Å²) in [4.78, 5) is -0.777. The molecule has 1 heterocycles. The largest absolute Gasteiger partial charge is 0.501 e. The van der Waals surface area contributed by atoms with Gasteiger partial charge in [-0.3, -0.25) is 0 Å². The van der Waals surface area contributed by atoms with E-state index in [2.05, 4.69) is 10.6 Å². The Morgan fingerprint density at radius 3 is 2.67 bits per heavy atom. The molecule has 1 unspecified atom stereocenters. The molecule has 0 saturated carbocycles. The second kappa shape index (κ2) is 6.20. The number of benzene rings is 1. The van der Waals surface area contributed by atoms with E-state index in [1.165, 1.54) is 18.2 Å². The molecule has 2 rings (SSSR count). The first-order valence-electron chi connectivity index (χ1n) is 6.29. The van der Waals surface area contributed by atoms with E-state index in [0.29, 0.717) is 13.2 Å². The maximum Gasteiger partial charge on any atom is 0.501 e. The molecule has 0 aromatic heterocycles. The minimum Gasteiger partial charge on any atom is -0.381 e. The normalized spacial score (nSPS) is 20.2. The summed E-state index contributed by atoms with van der Waals surface area (Å²) in [6, 6.07) is 4.96. The molecule has 1 saturated heterocycles. The number of alkyl halides is 3. The second-order valence-electron chi connectivity index (χ2n) is 4.52. The molecule has 0 spiro atoms. The van der Waals surface area contributed by atoms with Gasteiger partial charge in [-0.05, 0) is 12.1 Å². The molecule has 0 aliphatic carbocycles. The van der Waals surface area contributed by atoms with Crippen LogP contribution in [0.3, 0.4) is 0 Å². The Balaban J connectivity index is 2.17. The highest BCUT2D eigenvalue weighted by Crippen LogP contribution is 2.34. The van der Waals surface area contributed by atoms with Gasteiger partial charge < -0.3 is 15.4 Å². The minimum absolute atomic E-state index is 0.0796. The standard InChI is InChI=1S/C12H15F3N2O3S/c13-12(14,15)21(18,19)11-4-2-1-3-10(11)17-8-9-7-16-5-6-20-9/h1-4,9,16-17H,5-8H2. The number of ether oxygens (including phenoxy) is 1. The molecule has 1 aliphatic heterocycles. The highest BCUT2D eigenvalue weighted by molar-refractivity contribution is 7.92. The number of para-hydroxylation sites is 1. The van der Waals surface area contributed by atoms with Gasteiger partial charge in [0.15, 0.2) is 0 Å². The van der Waals surface area contributed by atoms with Gasteiger partial charge >= 0.3 is 5.51 Å². The fourth-order valence-electron chi connectivity index (χ4n) is 1.95. The first kappa shape index (κ1) is 16.1. The maximum atomic E-state index is 12.6. The number of hydrogen-bond donors (Lipinski definition) is 2. The SMILES string of the molecule is O=S(=O)(c1ccccc1NCC1CNCCO1)C(F)(F)F. The number of morpholine rings is 1. The molecule has 118 valence electrons. The first-order valence-corrected chi connectivity index (χ1v) is 7.77. The van der Waals surface area contributed by atoms with E-state index in [1.807, 2.05) is 0 Å². The molecule has 0 amide bonds. The Morgan fingerprint density at radius 1 is 1.33 bits per heavy atom. The number of nitrogens with one attached hydrogen (secondary N) is 2. The van der Waals surface area contributed by atoms with Crippen LogP contribution in [0.2, 0.25) is 0 Å². The van der Waals surface area contributed by atoms with E-state index < -0.39 is 20.2 Å². The fraction of sp³-hybridized carbons (Fsp3) is 0.500. The lowest BCUT2D eigenvalue weighted by Crippen LogP contribution is -2.42. The van der Waals surface area contributed by atoms with Gasteiger partial charge in [-0.1, -0.05) is 12.1 Å². The van der Waals surface area contributed by atoms with Gasteiger partial charge in [0.2, 0.25) is 0 Å². The van der Waals surface area contributed by atoms with Crippen LogP contribution in [-0.4, -0.2) is 46.3 Å². The number of hydrogen-bond acceptors (Lipinski definition) is 5. The molecular formula is C12H15F3N2O3S. The van der Waals surface area contributed by atoms with Crippen molar-refractivity contribution in [2.45, 2.75) is 16.5 Å². The molecule has 1 fully saturated rings. The van der Waals surface area contributed by atoms with Crippen LogP contribution >= 0.6 is 0 Å². The van der Waals surface area contributed by atoms with Gasteiger partial charge in [0.25, 0.3) is 9.84 Å². The molecule has 0 radical (unpaired) electrons. The average molecular weight is 324 g/mol. The number of rotatable bonds is 4.